The van der Waals surface area contributed by atoms with Gasteiger partial charge in [-0.25, -0.2) is 4.79 Å². The van der Waals surface area contributed by atoms with E-state index in [0.29, 0.717) is 17.2 Å². The lowest BCUT2D eigenvalue weighted by molar-refractivity contribution is -0.128. The van der Waals surface area contributed by atoms with Crippen LogP contribution in [0, 0.1) is 0 Å². The molecule has 0 bridgehead atoms. The molecule has 1 fully saturated rings. The van der Waals surface area contributed by atoms with Crippen molar-refractivity contribution in [2.75, 3.05) is 19.5 Å². The maximum atomic E-state index is 12.7. The molecule has 2 aromatic carbocycles. The lowest BCUT2D eigenvalue weighted by Crippen LogP contribution is -2.31. The Labute approximate surface area is 184 Å². The van der Waals surface area contributed by atoms with Crippen LogP contribution in [-0.4, -0.2) is 48.0 Å². The SMILES string of the molecule is COc1ccc(CN2C(=O)NC(CCC(=O)Nc3ccc4cc[nH]c4c3)C2=O)cc1OC. The van der Waals surface area contributed by atoms with Crippen LogP contribution in [0.3, 0.4) is 0 Å². The fourth-order valence-electron chi connectivity index (χ4n) is 3.71. The van der Waals surface area contributed by atoms with Crippen molar-refractivity contribution >= 4 is 34.4 Å². The molecule has 32 heavy (non-hydrogen) atoms. The van der Waals surface area contributed by atoms with Crippen LogP contribution in [0.5, 0.6) is 11.5 Å². The van der Waals surface area contributed by atoms with Gasteiger partial charge in [-0.2, -0.15) is 0 Å². The van der Waals surface area contributed by atoms with Crippen LogP contribution < -0.4 is 20.1 Å². The van der Waals surface area contributed by atoms with Gasteiger partial charge in [0.25, 0.3) is 5.91 Å². The van der Waals surface area contributed by atoms with E-state index in [9.17, 15) is 14.4 Å². The third kappa shape index (κ3) is 4.36. The average molecular weight is 436 g/mol. The van der Waals surface area contributed by atoms with E-state index >= 15 is 0 Å². The van der Waals surface area contributed by atoms with E-state index in [0.717, 1.165) is 21.4 Å². The monoisotopic (exact) mass is 436 g/mol. The summed E-state index contributed by atoms with van der Waals surface area (Å²) in [6.45, 7) is 0.101. The first-order chi connectivity index (χ1) is 15.5. The number of nitrogens with one attached hydrogen (secondary N) is 3. The second-order valence-corrected chi connectivity index (χ2v) is 7.48. The highest BCUT2D eigenvalue weighted by atomic mass is 16.5. The van der Waals surface area contributed by atoms with Gasteiger partial charge in [0.1, 0.15) is 6.04 Å². The molecule has 1 saturated heterocycles. The van der Waals surface area contributed by atoms with Gasteiger partial charge in [-0.1, -0.05) is 12.1 Å². The molecule has 0 spiro atoms. The summed E-state index contributed by atoms with van der Waals surface area (Å²) in [6, 6.07) is 11.5. The molecule has 1 aliphatic rings. The van der Waals surface area contributed by atoms with Gasteiger partial charge < -0.3 is 25.1 Å². The zero-order chi connectivity index (χ0) is 22.7. The fraction of sp³-hybridized carbons (Fsp3) is 0.261. The molecule has 1 atom stereocenters. The number of benzene rings is 2. The van der Waals surface area contributed by atoms with Crippen molar-refractivity contribution in [2.45, 2.75) is 25.4 Å². The fourth-order valence-corrected chi connectivity index (χ4v) is 3.71. The van der Waals surface area contributed by atoms with Gasteiger partial charge in [0.15, 0.2) is 11.5 Å². The Morgan fingerprint density at radius 2 is 1.88 bits per heavy atom. The minimum absolute atomic E-state index is 0.101. The Balaban J connectivity index is 1.33. The summed E-state index contributed by atoms with van der Waals surface area (Å²) < 4.78 is 10.5. The van der Waals surface area contributed by atoms with Crippen LogP contribution in [0.25, 0.3) is 10.9 Å². The summed E-state index contributed by atoms with van der Waals surface area (Å²) in [5, 5.41) is 6.54. The number of urea groups is 1. The lowest BCUT2D eigenvalue weighted by Gasteiger charge is -2.15. The minimum Gasteiger partial charge on any atom is -0.493 e. The molecule has 0 saturated carbocycles. The standard InChI is InChI=1S/C23H24N4O5/c1-31-19-7-3-14(11-20(19)32-2)13-27-22(29)17(26-23(27)30)6-8-21(28)25-16-5-4-15-9-10-24-18(15)12-16/h3-5,7,9-12,17,24H,6,8,13H2,1-2H3,(H,25,28)(H,26,30). The van der Waals surface area contributed by atoms with Gasteiger partial charge in [-0.3, -0.25) is 14.5 Å². The molecule has 4 rings (SSSR count). The number of hydrogen-bond donors (Lipinski definition) is 3. The van der Waals surface area contributed by atoms with Crippen LogP contribution in [0.15, 0.2) is 48.7 Å². The average Bonchev–Trinajstić information content (AvgIpc) is 3.36. The normalized spacial score (nSPS) is 15.7. The molecule has 2 heterocycles. The number of ether oxygens (including phenoxy) is 2. The Morgan fingerprint density at radius 1 is 1.06 bits per heavy atom. The highest BCUT2D eigenvalue weighted by Crippen LogP contribution is 2.28. The number of carbonyl (C=O) groups is 3. The topological polar surface area (TPSA) is 113 Å². The number of carbonyl (C=O) groups excluding carboxylic acids is 3. The Kier molecular flexibility index (Phi) is 5.98. The van der Waals surface area contributed by atoms with Crippen LogP contribution in [0.4, 0.5) is 10.5 Å². The zero-order valence-corrected chi connectivity index (χ0v) is 17.8. The highest BCUT2D eigenvalue weighted by molar-refractivity contribution is 6.04. The van der Waals surface area contributed by atoms with E-state index in [1.165, 1.54) is 14.2 Å². The zero-order valence-electron chi connectivity index (χ0n) is 17.8. The van der Waals surface area contributed by atoms with Crippen molar-refractivity contribution in [3.05, 3.63) is 54.2 Å². The lowest BCUT2D eigenvalue weighted by atomic mass is 10.1. The van der Waals surface area contributed by atoms with E-state index in [2.05, 4.69) is 15.6 Å². The van der Waals surface area contributed by atoms with E-state index in [-0.39, 0.29) is 31.2 Å². The van der Waals surface area contributed by atoms with E-state index in [1.54, 1.807) is 18.2 Å². The minimum atomic E-state index is -0.737. The maximum absolute atomic E-state index is 12.7. The number of H-pyrrole nitrogens is 1. The van der Waals surface area contributed by atoms with E-state index in [1.807, 2.05) is 30.5 Å². The Morgan fingerprint density at radius 3 is 2.66 bits per heavy atom. The molecular weight excluding hydrogens is 412 g/mol. The molecule has 1 aliphatic heterocycles. The number of anilines is 1. The van der Waals surface area contributed by atoms with Gasteiger partial charge in [0.05, 0.1) is 20.8 Å². The van der Waals surface area contributed by atoms with Gasteiger partial charge in [0.2, 0.25) is 5.91 Å². The molecule has 1 unspecified atom stereocenters. The first kappa shape index (κ1) is 21.2. The molecule has 9 nitrogen and oxygen atoms in total. The number of nitrogens with zero attached hydrogens (tertiary/aromatic N) is 1. The van der Waals surface area contributed by atoms with Crippen molar-refractivity contribution in [1.82, 2.24) is 15.2 Å². The number of rotatable bonds is 8. The number of hydrogen-bond acceptors (Lipinski definition) is 5. The van der Waals surface area contributed by atoms with Crippen molar-refractivity contribution in [2.24, 2.45) is 0 Å². The summed E-state index contributed by atoms with van der Waals surface area (Å²) in [4.78, 5) is 41.7. The third-order valence-corrected chi connectivity index (χ3v) is 5.39. The maximum Gasteiger partial charge on any atom is 0.325 e. The molecule has 0 radical (unpaired) electrons. The predicted octanol–water partition coefficient (Wildman–Crippen LogP) is 3.02. The molecule has 3 N–H and O–H groups in total. The summed E-state index contributed by atoms with van der Waals surface area (Å²) in [6.07, 6.45) is 2.14. The highest BCUT2D eigenvalue weighted by Gasteiger charge is 2.37. The molecule has 1 aromatic heterocycles. The molecule has 3 aromatic rings. The van der Waals surface area contributed by atoms with Gasteiger partial charge in [-0.15, -0.1) is 0 Å². The number of imide groups is 1. The number of fused-ring (bicyclic) bond motifs is 1. The number of aromatic amines is 1. The molecule has 4 amide bonds. The predicted molar refractivity (Wildman–Crippen MR) is 119 cm³/mol. The Hall–Kier alpha value is -4.01. The second-order valence-electron chi connectivity index (χ2n) is 7.48. The largest absolute Gasteiger partial charge is 0.493 e. The summed E-state index contributed by atoms with van der Waals surface area (Å²) >= 11 is 0. The van der Waals surface area contributed by atoms with Gasteiger partial charge in [0, 0.05) is 23.8 Å². The van der Waals surface area contributed by atoms with Crippen LogP contribution in [0.2, 0.25) is 0 Å². The smallest absolute Gasteiger partial charge is 0.325 e. The summed E-state index contributed by atoms with van der Waals surface area (Å²) in [7, 11) is 3.06. The summed E-state index contributed by atoms with van der Waals surface area (Å²) in [5.74, 6) is 0.497. The molecule has 9 heteroatoms. The Bertz CT molecular complexity index is 1170. The molecular formula is C23H24N4O5. The first-order valence-electron chi connectivity index (χ1n) is 10.2. The van der Waals surface area contributed by atoms with Crippen molar-refractivity contribution < 1.29 is 23.9 Å². The van der Waals surface area contributed by atoms with Crippen molar-refractivity contribution in [3.63, 3.8) is 0 Å². The van der Waals surface area contributed by atoms with Crippen molar-refractivity contribution in [3.8, 4) is 11.5 Å². The number of methoxy groups -OCH3 is 2. The van der Waals surface area contributed by atoms with Crippen LogP contribution >= 0.6 is 0 Å². The molecule has 0 aliphatic carbocycles. The van der Waals surface area contributed by atoms with Gasteiger partial charge >= 0.3 is 6.03 Å². The van der Waals surface area contributed by atoms with Crippen LogP contribution in [0.1, 0.15) is 18.4 Å². The van der Waals surface area contributed by atoms with Crippen molar-refractivity contribution in [1.29, 1.82) is 0 Å². The van der Waals surface area contributed by atoms with E-state index < -0.39 is 12.1 Å². The van der Waals surface area contributed by atoms with Crippen LogP contribution in [-0.2, 0) is 16.1 Å². The first-order valence-corrected chi connectivity index (χ1v) is 10.2. The quantitative estimate of drug-likeness (QED) is 0.470. The molecule has 166 valence electrons. The van der Waals surface area contributed by atoms with E-state index in [4.69, 9.17) is 9.47 Å². The third-order valence-electron chi connectivity index (χ3n) is 5.39. The number of amides is 4. The van der Waals surface area contributed by atoms with Gasteiger partial charge in [-0.05, 0) is 47.7 Å². The number of aromatic nitrogens is 1. The summed E-state index contributed by atoms with van der Waals surface area (Å²) in [5.41, 5.74) is 2.32. The second kappa shape index (κ2) is 9.01.